The van der Waals surface area contributed by atoms with Gasteiger partial charge in [-0.25, -0.2) is 4.39 Å². The number of aliphatic hydroxyl groups excluding tert-OH is 1. The molecule has 0 aliphatic rings. The maximum Gasteiger partial charge on any atom is 0.123 e. The molecule has 0 aliphatic heterocycles. The number of nitrogens with one attached hydrogen (secondary N) is 1. The van der Waals surface area contributed by atoms with E-state index in [0.717, 1.165) is 35.2 Å². The summed E-state index contributed by atoms with van der Waals surface area (Å²) >= 11 is 1.55. The van der Waals surface area contributed by atoms with Gasteiger partial charge >= 0.3 is 0 Å². The van der Waals surface area contributed by atoms with Gasteiger partial charge in [0.05, 0.1) is 6.10 Å². The van der Waals surface area contributed by atoms with Gasteiger partial charge in [-0.2, -0.15) is 0 Å². The third-order valence-corrected chi connectivity index (χ3v) is 3.93. The minimum Gasteiger partial charge on any atom is -0.388 e. The number of fused-ring (bicyclic) bond motifs is 1. The highest BCUT2D eigenvalue weighted by Gasteiger charge is 2.13. The molecule has 0 saturated heterocycles. The average molecular weight is 267 g/mol. The van der Waals surface area contributed by atoms with E-state index in [2.05, 4.69) is 12.2 Å². The number of hydrogen-bond donors (Lipinski definition) is 2. The average Bonchev–Trinajstić information content (AvgIpc) is 2.77. The monoisotopic (exact) mass is 267 g/mol. The summed E-state index contributed by atoms with van der Waals surface area (Å²) in [6.07, 6.45) is 1.22. The van der Waals surface area contributed by atoms with Crippen LogP contribution in [0.25, 0.3) is 10.1 Å². The van der Waals surface area contributed by atoms with Gasteiger partial charge in [-0.15, -0.1) is 11.3 Å². The maximum atomic E-state index is 13.2. The van der Waals surface area contributed by atoms with E-state index in [-0.39, 0.29) is 5.82 Å². The van der Waals surface area contributed by atoms with Crippen molar-refractivity contribution in [2.75, 3.05) is 13.1 Å². The fourth-order valence-corrected chi connectivity index (χ4v) is 2.96. The smallest absolute Gasteiger partial charge is 0.123 e. The molecule has 0 radical (unpaired) electrons. The van der Waals surface area contributed by atoms with Crippen LogP contribution < -0.4 is 5.32 Å². The first kappa shape index (κ1) is 13.5. The molecule has 0 aliphatic carbocycles. The van der Waals surface area contributed by atoms with Gasteiger partial charge < -0.3 is 10.4 Å². The lowest BCUT2D eigenvalue weighted by atomic mass is 10.1. The maximum absolute atomic E-state index is 13.2. The zero-order valence-corrected chi connectivity index (χ0v) is 11.3. The van der Waals surface area contributed by atoms with Gasteiger partial charge in [-0.05, 0) is 55.1 Å². The molecule has 2 aromatic rings. The zero-order valence-electron chi connectivity index (χ0n) is 10.4. The van der Waals surface area contributed by atoms with Crippen molar-refractivity contribution in [3.05, 3.63) is 35.0 Å². The fourth-order valence-electron chi connectivity index (χ4n) is 1.98. The molecule has 18 heavy (non-hydrogen) atoms. The van der Waals surface area contributed by atoms with Gasteiger partial charge in [0, 0.05) is 10.1 Å². The van der Waals surface area contributed by atoms with E-state index in [1.54, 1.807) is 17.4 Å². The third kappa shape index (κ3) is 3.07. The van der Waals surface area contributed by atoms with Crippen LogP contribution in [0.5, 0.6) is 0 Å². The molecule has 0 bridgehead atoms. The van der Waals surface area contributed by atoms with Crippen LogP contribution in [0.1, 0.15) is 31.4 Å². The predicted molar refractivity (Wildman–Crippen MR) is 74.5 cm³/mol. The molecule has 1 unspecified atom stereocenters. The Balaban J connectivity index is 2.07. The van der Waals surface area contributed by atoms with Gasteiger partial charge in [0.25, 0.3) is 0 Å². The normalized spacial score (nSPS) is 13.1. The van der Waals surface area contributed by atoms with Gasteiger partial charge in [0.1, 0.15) is 5.82 Å². The van der Waals surface area contributed by atoms with E-state index in [1.807, 2.05) is 5.38 Å². The first-order valence-electron chi connectivity index (χ1n) is 6.27. The summed E-state index contributed by atoms with van der Waals surface area (Å²) in [7, 11) is 0. The molecular formula is C14H18FNOS. The second-order valence-electron chi connectivity index (χ2n) is 4.39. The molecule has 0 fully saturated rings. The summed E-state index contributed by atoms with van der Waals surface area (Å²) in [5, 5.41) is 16.2. The summed E-state index contributed by atoms with van der Waals surface area (Å²) in [5.41, 5.74) is 0.841. The van der Waals surface area contributed by atoms with Gasteiger partial charge in [-0.3, -0.25) is 0 Å². The number of hydrogen-bond acceptors (Lipinski definition) is 3. The van der Waals surface area contributed by atoms with Crippen molar-refractivity contribution in [3.8, 4) is 0 Å². The van der Waals surface area contributed by atoms with Crippen molar-refractivity contribution in [1.29, 1.82) is 0 Å². The number of thiophene rings is 1. The Morgan fingerprint density at radius 3 is 3.00 bits per heavy atom. The van der Waals surface area contributed by atoms with Gasteiger partial charge in [0.15, 0.2) is 0 Å². The van der Waals surface area contributed by atoms with Crippen LogP contribution in [0.4, 0.5) is 4.39 Å². The number of aliphatic hydroxyl groups is 1. The Morgan fingerprint density at radius 1 is 1.39 bits per heavy atom. The van der Waals surface area contributed by atoms with Crippen molar-refractivity contribution in [3.63, 3.8) is 0 Å². The lowest BCUT2D eigenvalue weighted by Gasteiger charge is -2.10. The summed E-state index contributed by atoms with van der Waals surface area (Å²) < 4.78 is 14.2. The van der Waals surface area contributed by atoms with Crippen molar-refractivity contribution in [2.45, 2.75) is 25.9 Å². The molecule has 2 nitrogen and oxygen atoms in total. The number of rotatable bonds is 6. The molecule has 1 aromatic heterocycles. The molecule has 0 spiro atoms. The van der Waals surface area contributed by atoms with E-state index in [4.69, 9.17) is 0 Å². The minimum absolute atomic E-state index is 0.251. The van der Waals surface area contributed by atoms with Crippen LogP contribution in [-0.4, -0.2) is 18.2 Å². The SMILES string of the molecule is CCCNCCC(O)c1csc2ccc(F)cc12. The van der Waals surface area contributed by atoms with Crippen LogP contribution in [0, 0.1) is 5.82 Å². The lowest BCUT2D eigenvalue weighted by Crippen LogP contribution is -2.18. The molecule has 0 saturated carbocycles. The predicted octanol–water partition coefficient (Wildman–Crippen LogP) is 3.46. The summed E-state index contributed by atoms with van der Waals surface area (Å²) in [5.74, 6) is -0.251. The summed E-state index contributed by atoms with van der Waals surface area (Å²) in [6.45, 7) is 3.85. The van der Waals surface area contributed by atoms with Crippen molar-refractivity contribution in [2.24, 2.45) is 0 Å². The standard InChI is InChI=1S/C14H18FNOS/c1-2-6-16-7-5-13(17)12-9-18-14-4-3-10(15)8-11(12)14/h3-4,8-9,13,16-17H,2,5-7H2,1H3. The van der Waals surface area contributed by atoms with Crippen molar-refractivity contribution < 1.29 is 9.50 Å². The second-order valence-corrected chi connectivity index (χ2v) is 5.30. The highest BCUT2D eigenvalue weighted by Crippen LogP contribution is 2.32. The van der Waals surface area contributed by atoms with Gasteiger partial charge in [-0.1, -0.05) is 6.92 Å². The minimum atomic E-state index is -0.523. The topological polar surface area (TPSA) is 32.3 Å². The first-order valence-corrected chi connectivity index (χ1v) is 7.15. The molecule has 1 atom stereocenters. The molecular weight excluding hydrogens is 249 g/mol. The van der Waals surface area contributed by atoms with Crippen LogP contribution in [0.3, 0.4) is 0 Å². The zero-order chi connectivity index (χ0) is 13.0. The summed E-state index contributed by atoms with van der Waals surface area (Å²) in [4.78, 5) is 0. The molecule has 1 heterocycles. The highest BCUT2D eigenvalue weighted by atomic mass is 32.1. The third-order valence-electron chi connectivity index (χ3n) is 2.95. The van der Waals surface area contributed by atoms with E-state index in [1.165, 1.54) is 12.1 Å². The fraction of sp³-hybridized carbons (Fsp3) is 0.429. The molecule has 0 amide bonds. The molecule has 1 aromatic carbocycles. The Bertz CT molecular complexity index is 511. The molecule has 4 heteroatoms. The Morgan fingerprint density at radius 2 is 2.22 bits per heavy atom. The molecule has 98 valence electrons. The van der Waals surface area contributed by atoms with Crippen LogP contribution in [0.15, 0.2) is 23.6 Å². The Kier molecular flexibility index (Phi) is 4.69. The first-order chi connectivity index (χ1) is 8.72. The van der Waals surface area contributed by atoms with Crippen LogP contribution >= 0.6 is 11.3 Å². The van der Waals surface area contributed by atoms with E-state index in [9.17, 15) is 9.50 Å². The van der Waals surface area contributed by atoms with E-state index < -0.39 is 6.10 Å². The van der Waals surface area contributed by atoms with Crippen molar-refractivity contribution in [1.82, 2.24) is 5.32 Å². The Labute approximate surface area is 110 Å². The van der Waals surface area contributed by atoms with E-state index in [0.29, 0.717) is 6.42 Å². The quantitative estimate of drug-likeness (QED) is 0.786. The largest absolute Gasteiger partial charge is 0.388 e. The molecule has 2 rings (SSSR count). The summed E-state index contributed by atoms with van der Waals surface area (Å²) in [6, 6.07) is 4.72. The second kappa shape index (κ2) is 6.27. The van der Waals surface area contributed by atoms with Crippen LogP contribution in [-0.2, 0) is 0 Å². The van der Waals surface area contributed by atoms with Gasteiger partial charge in [0.2, 0.25) is 0 Å². The Hall–Kier alpha value is -0.970. The highest BCUT2D eigenvalue weighted by molar-refractivity contribution is 7.17. The van der Waals surface area contributed by atoms with Crippen molar-refractivity contribution >= 4 is 21.4 Å². The van der Waals surface area contributed by atoms with Crippen LogP contribution in [0.2, 0.25) is 0 Å². The lowest BCUT2D eigenvalue weighted by molar-refractivity contribution is 0.169. The molecule has 2 N–H and O–H groups in total. The van der Waals surface area contributed by atoms with E-state index >= 15 is 0 Å². The number of benzene rings is 1. The number of halogens is 1.